The molecule has 1 aromatic carbocycles. The highest BCUT2D eigenvalue weighted by Gasteiger charge is 2.47. The second-order valence-corrected chi connectivity index (χ2v) is 8.67. The van der Waals surface area contributed by atoms with Gasteiger partial charge in [0.05, 0.1) is 23.5 Å². The molecular formula is C22H22ClF3N4O2. The van der Waals surface area contributed by atoms with Gasteiger partial charge in [0.25, 0.3) is 0 Å². The van der Waals surface area contributed by atoms with E-state index in [0.717, 1.165) is 25.5 Å². The van der Waals surface area contributed by atoms with Crippen LogP contribution in [0.3, 0.4) is 0 Å². The molecule has 6 nitrogen and oxygen atoms in total. The van der Waals surface area contributed by atoms with Crippen molar-refractivity contribution in [1.82, 2.24) is 15.2 Å². The first-order chi connectivity index (χ1) is 15.1. The lowest BCUT2D eigenvalue weighted by atomic mass is 10.0. The van der Waals surface area contributed by atoms with E-state index in [-0.39, 0.29) is 30.6 Å². The van der Waals surface area contributed by atoms with Gasteiger partial charge in [-0.1, -0.05) is 17.7 Å². The lowest BCUT2D eigenvalue weighted by Crippen LogP contribution is -2.43. The van der Waals surface area contributed by atoms with Gasteiger partial charge in [0.2, 0.25) is 11.8 Å². The lowest BCUT2D eigenvalue weighted by Gasteiger charge is -2.31. The van der Waals surface area contributed by atoms with Gasteiger partial charge in [0, 0.05) is 31.1 Å². The molecule has 2 N–H and O–H groups in total. The van der Waals surface area contributed by atoms with Crippen molar-refractivity contribution in [2.75, 3.05) is 18.9 Å². The van der Waals surface area contributed by atoms with Crippen molar-refractivity contribution in [3.63, 3.8) is 0 Å². The van der Waals surface area contributed by atoms with Crippen molar-refractivity contribution in [3.8, 4) is 0 Å². The van der Waals surface area contributed by atoms with Crippen molar-refractivity contribution >= 4 is 29.1 Å². The summed E-state index contributed by atoms with van der Waals surface area (Å²) in [6, 6.07) is 6.45. The molecule has 1 aromatic heterocycles. The number of nitrogens with one attached hydrogen (secondary N) is 2. The molecule has 0 spiro atoms. The molecule has 2 heterocycles. The maximum absolute atomic E-state index is 13.8. The Kier molecular flexibility index (Phi) is 6.03. The third-order valence-corrected chi connectivity index (χ3v) is 6.14. The fourth-order valence-electron chi connectivity index (χ4n) is 4.36. The van der Waals surface area contributed by atoms with Crippen LogP contribution in [0, 0.1) is 5.92 Å². The molecule has 170 valence electrons. The number of benzene rings is 1. The first kappa shape index (κ1) is 22.4. The molecule has 1 aliphatic heterocycles. The van der Waals surface area contributed by atoms with E-state index in [9.17, 15) is 22.8 Å². The highest BCUT2D eigenvalue weighted by Crippen LogP contribution is 2.37. The third kappa shape index (κ3) is 4.67. The Morgan fingerprint density at radius 1 is 1.22 bits per heavy atom. The average molecular weight is 467 g/mol. The molecule has 1 saturated heterocycles. The van der Waals surface area contributed by atoms with E-state index in [1.165, 1.54) is 23.9 Å². The number of carbonyl (C=O) groups excluding carboxylic acids is 2. The molecule has 4 rings (SSSR count). The normalized spacial score (nSPS) is 21.1. The van der Waals surface area contributed by atoms with Gasteiger partial charge < -0.3 is 15.5 Å². The van der Waals surface area contributed by atoms with Crippen LogP contribution in [0.25, 0.3) is 0 Å². The lowest BCUT2D eigenvalue weighted by molar-refractivity contribution is -0.191. The first-order valence-electron chi connectivity index (χ1n) is 10.2. The minimum Gasteiger partial charge on any atom is -0.380 e. The molecule has 2 aromatic rings. The van der Waals surface area contributed by atoms with Crippen LogP contribution in [0.4, 0.5) is 18.9 Å². The second kappa shape index (κ2) is 8.61. The van der Waals surface area contributed by atoms with E-state index < -0.39 is 24.0 Å². The van der Waals surface area contributed by atoms with Crippen LogP contribution in [0.15, 0.2) is 36.5 Å². The van der Waals surface area contributed by atoms with Crippen LogP contribution in [0.2, 0.25) is 5.02 Å². The van der Waals surface area contributed by atoms with Crippen LogP contribution < -0.4 is 10.6 Å². The van der Waals surface area contributed by atoms with E-state index >= 15 is 0 Å². The minimum absolute atomic E-state index is 0.0395. The first-order valence-corrected chi connectivity index (χ1v) is 10.6. The van der Waals surface area contributed by atoms with Crippen molar-refractivity contribution in [1.29, 1.82) is 0 Å². The van der Waals surface area contributed by atoms with Gasteiger partial charge in [-0.3, -0.25) is 14.6 Å². The largest absolute Gasteiger partial charge is 0.414 e. The smallest absolute Gasteiger partial charge is 0.380 e. The fourth-order valence-corrected chi connectivity index (χ4v) is 4.55. The average Bonchev–Trinajstić information content (AvgIpc) is 3.33. The number of nitrogens with zero attached hydrogens (tertiary/aromatic N) is 2. The Labute approximate surface area is 188 Å². The van der Waals surface area contributed by atoms with E-state index in [0.29, 0.717) is 15.6 Å². The van der Waals surface area contributed by atoms with Gasteiger partial charge in [0.1, 0.15) is 0 Å². The summed E-state index contributed by atoms with van der Waals surface area (Å²) in [5.74, 6) is -1.89. The molecule has 1 fully saturated rings. The van der Waals surface area contributed by atoms with Crippen molar-refractivity contribution in [2.24, 2.45) is 5.92 Å². The van der Waals surface area contributed by atoms with Gasteiger partial charge in [-0.25, -0.2) is 0 Å². The molecule has 2 amide bonds. The number of hydrogen-bond acceptors (Lipinski definition) is 4. The van der Waals surface area contributed by atoms with Crippen molar-refractivity contribution in [2.45, 2.75) is 37.5 Å². The van der Waals surface area contributed by atoms with Gasteiger partial charge >= 0.3 is 6.18 Å². The molecular weight excluding hydrogens is 445 g/mol. The molecule has 0 unspecified atom stereocenters. The molecule has 3 atom stereocenters. The summed E-state index contributed by atoms with van der Waals surface area (Å²) in [5.41, 5.74) is 2.65. The number of amides is 2. The van der Waals surface area contributed by atoms with Crippen molar-refractivity contribution < 1.29 is 22.8 Å². The molecule has 0 bridgehead atoms. The zero-order valence-corrected chi connectivity index (χ0v) is 18.0. The van der Waals surface area contributed by atoms with Crippen LogP contribution in [0.1, 0.15) is 29.3 Å². The molecule has 0 radical (unpaired) electrons. The number of aromatic nitrogens is 1. The SMILES string of the molecule is CN(C(=O)[C@@H]1CNC(=O)C1)[C@@H](c1ccc(N[C@H]2Cc3ccc(Cl)cc3C2)cn1)C(F)(F)F. The summed E-state index contributed by atoms with van der Waals surface area (Å²) >= 11 is 6.04. The van der Waals surface area contributed by atoms with Gasteiger partial charge in [0.15, 0.2) is 6.04 Å². The Morgan fingerprint density at radius 3 is 2.59 bits per heavy atom. The number of alkyl halides is 3. The molecule has 1 aliphatic carbocycles. The summed E-state index contributed by atoms with van der Waals surface area (Å²) in [4.78, 5) is 28.6. The highest BCUT2D eigenvalue weighted by molar-refractivity contribution is 6.30. The number of anilines is 1. The Bertz CT molecular complexity index is 1030. The number of fused-ring (bicyclic) bond motifs is 1. The monoisotopic (exact) mass is 466 g/mol. The zero-order valence-electron chi connectivity index (χ0n) is 17.2. The number of rotatable bonds is 5. The summed E-state index contributed by atoms with van der Waals surface area (Å²) in [7, 11) is 1.10. The van der Waals surface area contributed by atoms with E-state index in [4.69, 9.17) is 11.6 Å². The Balaban J connectivity index is 1.47. The Morgan fingerprint density at radius 2 is 1.97 bits per heavy atom. The van der Waals surface area contributed by atoms with Crippen LogP contribution >= 0.6 is 11.6 Å². The van der Waals surface area contributed by atoms with E-state index in [1.54, 1.807) is 0 Å². The predicted molar refractivity (Wildman–Crippen MR) is 113 cm³/mol. The van der Waals surface area contributed by atoms with Gasteiger partial charge in [-0.2, -0.15) is 13.2 Å². The Hall–Kier alpha value is -2.81. The van der Waals surface area contributed by atoms with Crippen LogP contribution in [0.5, 0.6) is 0 Å². The summed E-state index contributed by atoms with van der Waals surface area (Å²) in [6.07, 6.45) is -1.93. The van der Waals surface area contributed by atoms with Crippen molar-refractivity contribution in [3.05, 3.63) is 58.4 Å². The second-order valence-electron chi connectivity index (χ2n) is 8.23. The van der Waals surface area contributed by atoms with Crippen LogP contribution in [-0.2, 0) is 22.4 Å². The van der Waals surface area contributed by atoms with Gasteiger partial charge in [-0.15, -0.1) is 0 Å². The minimum atomic E-state index is -4.71. The standard InChI is InChI=1S/C22H22ClF3N4O2/c1-30(21(32)14-9-19(31)28-10-14)20(22(24,25)26)18-5-4-16(11-27-18)29-17-7-12-2-3-15(23)6-13(12)8-17/h2-6,11,14,17,20,29H,7-10H2,1H3,(H,28,31)/t14-,17-,20-/m0/s1. The molecule has 32 heavy (non-hydrogen) atoms. The van der Waals surface area contributed by atoms with E-state index in [1.807, 2.05) is 18.2 Å². The predicted octanol–water partition coefficient (Wildman–Crippen LogP) is 3.51. The number of carbonyl (C=O) groups is 2. The zero-order chi connectivity index (χ0) is 23.0. The number of hydrogen-bond donors (Lipinski definition) is 2. The van der Waals surface area contributed by atoms with Gasteiger partial charge in [-0.05, 0) is 48.2 Å². The summed E-state index contributed by atoms with van der Waals surface area (Å²) in [6.45, 7) is 0.0395. The number of halogens is 4. The summed E-state index contributed by atoms with van der Waals surface area (Å²) < 4.78 is 41.5. The maximum atomic E-state index is 13.8. The third-order valence-electron chi connectivity index (χ3n) is 5.91. The topological polar surface area (TPSA) is 74.3 Å². The highest BCUT2D eigenvalue weighted by atomic mass is 35.5. The molecule has 0 saturated carbocycles. The van der Waals surface area contributed by atoms with E-state index in [2.05, 4.69) is 15.6 Å². The fraction of sp³-hybridized carbons (Fsp3) is 0.409. The van der Waals surface area contributed by atoms with Crippen LogP contribution in [-0.4, -0.2) is 47.5 Å². The maximum Gasteiger partial charge on any atom is 0.414 e. The summed E-state index contributed by atoms with van der Waals surface area (Å²) in [5, 5.41) is 6.45. The molecule has 10 heteroatoms. The molecule has 2 aliphatic rings. The quantitative estimate of drug-likeness (QED) is 0.707. The number of pyridine rings is 1.